The quantitative estimate of drug-likeness (QED) is 0.844. The van der Waals surface area contributed by atoms with E-state index in [-0.39, 0.29) is 18.6 Å². The molecule has 1 aromatic heterocycles. The van der Waals surface area contributed by atoms with Gasteiger partial charge in [-0.2, -0.15) is 0 Å². The van der Waals surface area contributed by atoms with Crippen molar-refractivity contribution in [2.45, 2.75) is 31.8 Å². The first-order chi connectivity index (χ1) is 12.7. The van der Waals surface area contributed by atoms with Crippen LogP contribution in [-0.4, -0.2) is 52.4 Å². The molecule has 1 saturated heterocycles. The number of likely N-dealkylation sites (N-methyl/N-ethyl adjacent to an activating group) is 1. The molecule has 1 aromatic carbocycles. The van der Waals surface area contributed by atoms with E-state index in [4.69, 9.17) is 9.72 Å². The van der Waals surface area contributed by atoms with Crippen LogP contribution in [0.5, 0.6) is 5.75 Å². The van der Waals surface area contributed by atoms with Crippen LogP contribution in [0.15, 0.2) is 36.5 Å². The summed E-state index contributed by atoms with van der Waals surface area (Å²) < 4.78 is 5.63. The normalized spacial score (nSPS) is 20.0. The van der Waals surface area contributed by atoms with Gasteiger partial charge in [0.15, 0.2) is 12.4 Å². The summed E-state index contributed by atoms with van der Waals surface area (Å²) in [5.74, 6) is 1.49. The van der Waals surface area contributed by atoms with Gasteiger partial charge in [0.05, 0.1) is 6.04 Å². The van der Waals surface area contributed by atoms with Crippen LogP contribution in [0.3, 0.4) is 0 Å². The summed E-state index contributed by atoms with van der Waals surface area (Å²) in [7, 11) is 2.11. The minimum atomic E-state index is -0.0353. The highest BCUT2D eigenvalue weighted by molar-refractivity contribution is 5.78. The lowest BCUT2D eigenvalue weighted by molar-refractivity contribution is -0.134. The third-order valence-electron chi connectivity index (χ3n) is 5.12. The molecule has 0 radical (unpaired) electrons. The number of aromatic nitrogens is 2. The van der Waals surface area contributed by atoms with Crippen LogP contribution in [0.1, 0.15) is 36.0 Å². The molecule has 0 aliphatic carbocycles. The maximum Gasteiger partial charge on any atom is 0.261 e. The zero-order valence-electron chi connectivity index (χ0n) is 15.1. The molecule has 0 N–H and O–H groups in total. The maximum atomic E-state index is 12.7. The van der Waals surface area contributed by atoms with Gasteiger partial charge in [-0.1, -0.05) is 18.2 Å². The second-order valence-corrected chi connectivity index (χ2v) is 7.03. The van der Waals surface area contributed by atoms with Gasteiger partial charge in [-0.3, -0.25) is 4.79 Å². The van der Waals surface area contributed by atoms with Crippen molar-refractivity contribution in [2.24, 2.45) is 0 Å². The average Bonchev–Trinajstić information content (AvgIpc) is 3.16. The largest absolute Gasteiger partial charge is 0.484 e. The van der Waals surface area contributed by atoms with Crippen LogP contribution in [-0.2, 0) is 17.8 Å². The van der Waals surface area contributed by atoms with Crippen LogP contribution in [0, 0.1) is 0 Å². The summed E-state index contributed by atoms with van der Waals surface area (Å²) >= 11 is 0. The summed E-state index contributed by atoms with van der Waals surface area (Å²) in [6.07, 6.45) is 4.77. The Hall–Kier alpha value is -2.47. The lowest BCUT2D eigenvalue weighted by atomic mass is 10.1. The van der Waals surface area contributed by atoms with E-state index < -0.39 is 0 Å². The SMILES string of the molecule is CN1CCc2nc(C3CCCN3C(=O)COc3ccccc3)ncc2C1. The molecule has 6 heteroatoms. The third-order valence-corrected chi connectivity index (χ3v) is 5.12. The molecular formula is C20H24N4O2. The molecule has 1 fully saturated rings. The number of rotatable bonds is 4. The van der Waals surface area contributed by atoms with E-state index in [1.807, 2.05) is 41.4 Å². The molecule has 2 aliphatic rings. The fourth-order valence-corrected chi connectivity index (χ4v) is 3.71. The summed E-state index contributed by atoms with van der Waals surface area (Å²) in [6.45, 7) is 2.70. The van der Waals surface area contributed by atoms with E-state index in [9.17, 15) is 4.79 Å². The summed E-state index contributed by atoms with van der Waals surface area (Å²) in [4.78, 5) is 26.2. The van der Waals surface area contributed by atoms with E-state index in [1.165, 1.54) is 5.56 Å². The second kappa shape index (κ2) is 7.41. The number of nitrogens with zero attached hydrogens (tertiary/aromatic N) is 4. The van der Waals surface area contributed by atoms with Gasteiger partial charge >= 0.3 is 0 Å². The number of carbonyl (C=O) groups is 1. The molecule has 26 heavy (non-hydrogen) atoms. The van der Waals surface area contributed by atoms with Gasteiger partial charge in [0.2, 0.25) is 0 Å². The number of likely N-dealkylation sites (tertiary alicyclic amines) is 1. The molecular weight excluding hydrogens is 328 g/mol. The molecule has 3 heterocycles. The van der Waals surface area contributed by atoms with Crippen molar-refractivity contribution in [1.29, 1.82) is 0 Å². The van der Waals surface area contributed by atoms with Crippen LogP contribution >= 0.6 is 0 Å². The number of hydrogen-bond acceptors (Lipinski definition) is 5. The van der Waals surface area contributed by atoms with E-state index in [2.05, 4.69) is 16.9 Å². The van der Waals surface area contributed by atoms with Gasteiger partial charge in [-0.05, 0) is 32.0 Å². The molecule has 4 rings (SSSR count). The lowest BCUT2D eigenvalue weighted by Gasteiger charge is -2.27. The first-order valence-electron chi connectivity index (χ1n) is 9.21. The fraction of sp³-hybridized carbons (Fsp3) is 0.450. The van der Waals surface area contributed by atoms with Crippen molar-refractivity contribution < 1.29 is 9.53 Å². The molecule has 1 atom stereocenters. The number of amides is 1. The third kappa shape index (κ3) is 3.55. The Bertz CT molecular complexity index is 781. The number of hydrogen-bond donors (Lipinski definition) is 0. The van der Waals surface area contributed by atoms with E-state index in [0.717, 1.165) is 50.4 Å². The van der Waals surface area contributed by atoms with Crippen molar-refractivity contribution in [3.63, 3.8) is 0 Å². The van der Waals surface area contributed by atoms with Gasteiger partial charge in [-0.25, -0.2) is 9.97 Å². The summed E-state index contributed by atoms with van der Waals surface area (Å²) in [5.41, 5.74) is 2.33. The molecule has 2 aromatic rings. The number of para-hydroxylation sites is 1. The predicted molar refractivity (Wildman–Crippen MR) is 97.7 cm³/mol. The first kappa shape index (κ1) is 17.0. The Kier molecular flexibility index (Phi) is 4.84. The van der Waals surface area contributed by atoms with Crippen LogP contribution in [0.2, 0.25) is 0 Å². The first-order valence-corrected chi connectivity index (χ1v) is 9.21. The Morgan fingerprint density at radius 3 is 2.96 bits per heavy atom. The van der Waals surface area contributed by atoms with Crippen LogP contribution < -0.4 is 4.74 Å². The lowest BCUT2D eigenvalue weighted by Crippen LogP contribution is -2.35. The topological polar surface area (TPSA) is 58.6 Å². The van der Waals surface area contributed by atoms with Crippen molar-refractivity contribution >= 4 is 5.91 Å². The smallest absolute Gasteiger partial charge is 0.261 e. The number of carbonyl (C=O) groups excluding carboxylic acids is 1. The highest BCUT2D eigenvalue weighted by Gasteiger charge is 2.32. The maximum absolute atomic E-state index is 12.7. The van der Waals surface area contributed by atoms with E-state index in [1.54, 1.807) is 0 Å². The van der Waals surface area contributed by atoms with Crippen molar-refractivity contribution in [2.75, 3.05) is 26.7 Å². The number of fused-ring (bicyclic) bond motifs is 1. The van der Waals surface area contributed by atoms with E-state index in [0.29, 0.717) is 5.75 Å². The molecule has 1 unspecified atom stereocenters. The molecule has 6 nitrogen and oxygen atoms in total. The monoisotopic (exact) mass is 352 g/mol. The molecule has 0 saturated carbocycles. The molecule has 2 aliphatic heterocycles. The summed E-state index contributed by atoms with van der Waals surface area (Å²) in [6, 6.07) is 9.41. The molecule has 1 amide bonds. The fourth-order valence-electron chi connectivity index (χ4n) is 3.71. The minimum absolute atomic E-state index is 0.00240. The Labute approximate surface area is 153 Å². The van der Waals surface area contributed by atoms with Crippen LogP contribution in [0.25, 0.3) is 0 Å². The number of ether oxygens (including phenoxy) is 1. The van der Waals surface area contributed by atoms with Gasteiger partial charge in [-0.15, -0.1) is 0 Å². The zero-order chi connectivity index (χ0) is 17.9. The zero-order valence-corrected chi connectivity index (χ0v) is 15.1. The average molecular weight is 352 g/mol. The van der Waals surface area contributed by atoms with Gasteiger partial charge in [0.25, 0.3) is 5.91 Å². The van der Waals surface area contributed by atoms with E-state index >= 15 is 0 Å². The highest BCUT2D eigenvalue weighted by atomic mass is 16.5. The highest BCUT2D eigenvalue weighted by Crippen LogP contribution is 2.31. The van der Waals surface area contributed by atoms with Gasteiger partial charge < -0.3 is 14.5 Å². The van der Waals surface area contributed by atoms with Crippen LogP contribution in [0.4, 0.5) is 0 Å². The van der Waals surface area contributed by atoms with Gasteiger partial charge in [0, 0.05) is 43.5 Å². The molecule has 0 spiro atoms. The molecule has 0 bridgehead atoms. The van der Waals surface area contributed by atoms with Crippen molar-refractivity contribution in [3.05, 3.63) is 53.6 Å². The van der Waals surface area contributed by atoms with Gasteiger partial charge in [0.1, 0.15) is 5.75 Å². The molecule has 136 valence electrons. The van der Waals surface area contributed by atoms with Crippen molar-refractivity contribution in [1.82, 2.24) is 19.8 Å². The predicted octanol–water partition coefficient (Wildman–Crippen LogP) is 2.21. The summed E-state index contributed by atoms with van der Waals surface area (Å²) in [5, 5.41) is 0. The number of benzene rings is 1. The van der Waals surface area contributed by atoms with Crippen molar-refractivity contribution in [3.8, 4) is 5.75 Å². The Morgan fingerprint density at radius 2 is 2.12 bits per heavy atom. The Morgan fingerprint density at radius 1 is 1.27 bits per heavy atom. The Balaban J connectivity index is 1.45. The minimum Gasteiger partial charge on any atom is -0.484 e. The second-order valence-electron chi connectivity index (χ2n) is 7.03. The standard InChI is InChI=1S/C20H24N4O2/c1-23-11-9-17-15(13-23)12-21-20(22-17)18-8-5-10-24(18)19(25)14-26-16-6-3-2-4-7-16/h2-4,6-7,12,18H,5,8-11,13-14H2,1H3.